The van der Waals surface area contributed by atoms with Gasteiger partial charge in [-0.05, 0) is 114 Å². The third-order valence-electron chi connectivity index (χ3n) is 11.5. The highest BCUT2D eigenvalue weighted by Crippen LogP contribution is 2.50. The zero-order valence-corrected chi connectivity index (χ0v) is 30.5. The van der Waals surface area contributed by atoms with Gasteiger partial charge in [0.2, 0.25) is 0 Å². The van der Waals surface area contributed by atoms with Gasteiger partial charge in [-0.3, -0.25) is 0 Å². The lowest BCUT2D eigenvalue weighted by molar-refractivity contribution is 0.660. The molecule has 0 atom stereocenters. The molecular weight excluding hydrogens is 651 g/mol. The maximum atomic E-state index is 2.40. The van der Waals surface area contributed by atoms with E-state index in [1.54, 1.807) is 0 Å². The number of hydrogen-bond donors (Lipinski definition) is 0. The number of hydrogen-bond acceptors (Lipinski definition) is 1. The Morgan fingerprint density at radius 3 is 1.43 bits per heavy atom. The molecule has 0 bridgehead atoms. The van der Waals surface area contributed by atoms with E-state index in [1.165, 1.54) is 77.2 Å². The Hall–Kier alpha value is -6.70. The summed E-state index contributed by atoms with van der Waals surface area (Å²) >= 11 is 0. The highest BCUT2D eigenvalue weighted by atomic mass is 15.1. The maximum Gasteiger partial charge on any atom is 0.0468 e. The summed E-state index contributed by atoms with van der Waals surface area (Å²) in [5.74, 6) is 0. The van der Waals surface area contributed by atoms with Crippen molar-refractivity contribution < 1.29 is 0 Å². The van der Waals surface area contributed by atoms with Crippen LogP contribution in [0.25, 0.3) is 66.1 Å². The van der Waals surface area contributed by atoms with Gasteiger partial charge in [0.1, 0.15) is 0 Å². The standard InChI is InChI=1S/C53H39N/c1-53(2)51-24-9-8-18-49(51)50-35-42(33-34-52(50)53)54(40-29-25-38(26-30-40)44-19-10-16-37-15-6-7-17-43(37)44)41-31-27-39(28-32-41)46-21-12-22-47-45(20-11-23-48(46)47)36-13-4-3-5-14-36/h3-35H,1-2H3. The summed E-state index contributed by atoms with van der Waals surface area (Å²) in [4.78, 5) is 2.40. The average Bonchev–Trinajstić information content (AvgIpc) is 3.46. The number of nitrogens with zero attached hydrogens (tertiary/aromatic N) is 1. The molecule has 1 aliphatic rings. The van der Waals surface area contributed by atoms with Crippen molar-refractivity contribution in [1.82, 2.24) is 0 Å². The molecule has 0 N–H and O–H groups in total. The fourth-order valence-electron chi connectivity index (χ4n) is 8.78. The summed E-state index contributed by atoms with van der Waals surface area (Å²) in [6, 6.07) is 73.3. The third-order valence-corrected chi connectivity index (χ3v) is 11.5. The summed E-state index contributed by atoms with van der Waals surface area (Å²) in [7, 11) is 0. The minimum absolute atomic E-state index is 0.0458. The number of benzene rings is 9. The molecule has 0 heterocycles. The van der Waals surface area contributed by atoms with Crippen LogP contribution < -0.4 is 4.90 Å². The average molecular weight is 690 g/mol. The van der Waals surface area contributed by atoms with Gasteiger partial charge >= 0.3 is 0 Å². The summed E-state index contributed by atoms with van der Waals surface area (Å²) in [6.45, 7) is 4.69. The first-order valence-corrected chi connectivity index (χ1v) is 18.8. The van der Waals surface area contributed by atoms with Crippen LogP contribution in [0.4, 0.5) is 17.1 Å². The molecule has 54 heavy (non-hydrogen) atoms. The van der Waals surface area contributed by atoms with Gasteiger partial charge in [0, 0.05) is 22.5 Å². The predicted molar refractivity (Wildman–Crippen MR) is 230 cm³/mol. The first-order valence-electron chi connectivity index (χ1n) is 18.8. The minimum Gasteiger partial charge on any atom is -0.310 e. The maximum absolute atomic E-state index is 2.40. The highest BCUT2D eigenvalue weighted by molar-refractivity contribution is 6.04. The van der Waals surface area contributed by atoms with Crippen molar-refractivity contribution >= 4 is 38.6 Å². The Labute approximate surface area is 317 Å². The highest BCUT2D eigenvalue weighted by Gasteiger charge is 2.35. The largest absolute Gasteiger partial charge is 0.310 e. The van der Waals surface area contributed by atoms with E-state index >= 15 is 0 Å². The number of anilines is 3. The van der Waals surface area contributed by atoms with Crippen molar-refractivity contribution in [3.05, 3.63) is 211 Å². The topological polar surface area (TPSA) is 3.24 Å². The van der Waals surface area contributed by atoms with Crippen molar-refractivity contribution in [2.45, 2.75) is 19.3 Å². The van der Waals surface area contributed by atoms with Gasteiger partial charge in [-0.2, -0.15) is 0 Å². The van der Waals surface area contributed by atoms with Crippen LogP contribution in [0.3, 0.4) is 0 Å². The fraction of sp³-hybridized carbons (Fsp3) is 0.0566. The molecule has 0 amide bonds. The Bertz CT molecular complexity index is 2820. The van der Waals surface area contributed by atoms with Crippen molar-refractivity contribution in [3.63, 3.8) is 0 Å². The second-order valence-corrected chi connectivity index (χ2v) is 14.9. The molecule has 0 fully saturated rings. The zero-order chi connectivity index (χ0) is 36.2. The predicted octanol–water partition coefficient (Wildman–Crippen LogP) is 14.8. The van der Waals surface area contributed by atoms with Crippen LogP contribution in [0.1, 0.15) is 25.0 Å². The monoisotopic (exact) mass is 689 g/mol. The Morgan fingerprint density at radius 2 is 0.759 bits per heavy atom. The third kappa shape index (κ3) is 5.24. The van der Waals surface area contributed by atoms with Gasteiger partial charge in [0.15, 0.2) is 0 Å². The normalized spacial score (nSPS) is 12.8. The molecule has 0 aliphatic heterocycles. The molecular formula is C53H39N. The van der Waals surface area contributed by atoms with Crippen LogP contribution in [-0.4, -0.2) is 0 Å². The summed E-state index contributed by atoms with van der Waals surface area (Å²) in [6.07, 6.45) is 0. The van der Waals surface area contributed by atoms with Crippen LogP contribution in [0.5, 0.6) is 0 Å². The summed E-state index contributed by atoms with van der Waals surface area (Å²) < 4.78 is 0. The summed E-state index contributed by atoms with van der Waals surface area (Å²) in [5, 5.41) is 5.04. The van der Waals surface area contributed by atoms with E-state index in [-0.39, 0.29) is 5.41 Å². The molecule has 1 nitrogen and oxygen atoms in total. The van der Waals surface area contributed by atoms with Gasteiger partial charge < -0.3 is 4.90 Å². The first-order chi connectivity index (χ1) is 26.5. The number of rotatable bonds is 6. The van der Waals surface area contributed by atoms with Crippen LogP contribution in [0, 0.1) is 0 Å². The van der Waals surface area contributed by atoms with Crippen molar-refractivity contribution in [1.29, 1.82) is 0 Å². The molecule has 10 rings (SSSR count). The van der Waals surface area contributed by atoms with Gasteiger partial charge in [0.25, 0.3) is 0 Å². The molecule has 1 heteroatoms. The fourth-order valence-corrected chi connectivity index (χ4v) is 8.78. The van der Waals surface area contributed by atoms with Crippen LogP contribution in [0.2, 0.25) is 0 Å². The quantitative estimate of drug-likeness (QED) is 0.168. The van der Waals surface area contributed by atoms with Crippen molar-refractivity contribution in [2.24, 2.45) is 0 Å². The molecule has 0 spiro atoms. The number of fused-ring (bicyclic) bond motifs is 5. The zero-order valence-electron chi connectivity index (χ0n) is 30.5. The van der Waals surface area contributed by atoms with Crippen LogP contribution in [0.15, 0.2) is 200 Å². The molecule has 256 valence electrons. The summed E-state index contributed by atoms with van der Waals surface area (Å²) in [5.41, 5.74) is 16.1. The van der Waals surface area contributed by atoms with Gasteiger partial charge in [-0.1, -0.05) is 178 Å². The lowest BCUT2D eigenvalue weighted by atomic mass is 9.82. The second kappa shape index (κ2) is 12.8. The van der Waals surface area contributed by atoms with E-state index in [0.717, 1.165) is 17.1 Å². The Balaban J connectivity index is 1.09. The molecule has 0 radical (unpaired) electrons. The van der Waals surface area contributed by atoms with E-state index in [1.807, 2.05) is 0 Å². The lowest BCUT2D eigenvalue weighted by Gasteiger charge is -2.27. The molecule has 9 aromatic carbocycles. The van der Waals surface area contributed by atoms with Crippen LogP contribution >= 0.6 is 0 Å². The Morgan fingerprint density at radius 1 is 0.315 bits per heavy atom. The van der Waals surface area contributed by atoms with Gasteiger partial charge in [-0.25, -0.2) is 0 Å². The smallest absolute Gasteiger partial charge is 0.0468 e. The molecule has 0 aromatic heterocycles. The SMILES string of the molecule is CC1(C)c2ccccc2-c2cc(N(c3ccc(-c4cccc5ccccc45)cc3)c3ccc(-c4cccc5c(-c6ccccc6)cccc45)cc3)ccc21. The van der Waals surface area contributed by atoms with E-state index in [9.17, 15) is 0 Å². The molecule has 9 aromatic rings. The molecule has 0 saturated heterocycles. The van der Waals surface area contributed by atoms with Gasteiger partial charge in [0.05, 0.1) is 0 Å². The van der Waals surface area contributed by atoms with E-state index < -0.39 is 0 Å². The van der Waals surface area contributed by atoms with E-state index in [2.05, 4.69) is 219 Å². The lowest BCUT2D eigenvalue weighted by Crippen LogP contribution is -2.15. The second-order valence-electron chi connectivity index (χ2n) is 14.9. The molecule has 1 aliphatic carbocycles. The van der Waals surface area contributed by atoms with Crippen molar-refractivity contribution in [3.8, 4) is 44.5 Å². The molecule has 0 unspecified atom stereocenters. The first kappa shape index (κ1) is 32.0. The van der Waals surface area contributed by atoms with E-state index in [0.29, 0.717) is 0 Å². The Kier molecular flexibility index (Phi) is 7.56. The minimum atomic E-state index is -0.0458. The van der Waals surface area contributed by atoms with Gasteiger partial charge in [-0.15, -0.1) is 0 Å². The van der Waals surface area contributed by atoms with Crippen molar-refractivity contribution in [2.75, 3.05) is 4.90 Å². The van der Waals surface area contributed by atoms with Crippen LogP contribution in [-0.2, 0) is 5.41 Å². The van der Waals surface area contributed by atoms with E-state index in [4.69, 9.17) is 0 Å². The molecule has 0 saturated carbocycles.